The summed E-state index contributed by atoms with van der Waals surface area (Å²) in [6.07, 6.45) is 0. The average Bonchev–Trinajstić information content (AvgIpc) is 2.43. The lowest BCUT2D eigenvalue weighted by Gasteiger charge is -2.23. The van der Waals surface area contributed by atoms with Gasteiger partial charge in [0.25, 0.3) is 0 Å². The molecule has 0 saturated heterocycles. The zero-order valence-electron chi connectivity index (χ0n) is 13.6. The number of benzene rings is 1. The van der Waals surface area contributed by atoms with Crippen LogP contribution < -0.4 is 15.4 Å². The summed E-state index contributed by atoms with van der Waals surface area (Å²) in [5.41, 5.74) is 0.622. The van der Waals surface area contributed by atoms with Gasteiger partial charge in [0, 0.05) is 6.92 Å². The number of hydrogen-bond acceptors (Lipinski definition) is 3. The van der Waals surface area contributed by atoms with Gasteiger partial charge in [-0.25, -0.2) is 4.39 Å². The highest BCUT2D eigenvalue weighted by Gasteiger charge is 2.24. The van der Waals surface area contributed by atoms with Crippen LogP contribution in [-0.4, -0.2) is 25.0 Å². The molecule has 0 heterocycles. The summed E-state index contributed by atoms with van der Waals surface area (Å²) < 4.78 is 18.6. The maximum absolute atomic E-state index is 13.7. The van der Waals surface area contributed by atoms with Crippen LogP contribution in [0.4, 0.5) is 4.39 Å². The molecule has 2 N–H and O–H groups in total. The standard InChI is InChI=1S/C16H23FN2O3/c1-9(2)15(19-11(4)20)16(21)18-10(3)12-6-7-14(22-5)13(17)8-12/h6-10,15H,1-5H3,(H,18,21)(H,19,20)/t10-,15-/m0/s1. The highest BCUT2D eigenvalue weighted by molar-refractivity contribution is 5.87. The molecule has 0 unspecified atom stereocenters. The van der Waals surface area contributed by atoms with Crippen LogP contribution in [0.1, 0.15) is 39.3 Å². The van der Waals surface area contributed by atoms with E-state index in [1.807, 2.05) is 13.8 Å². The molecule has 0 aliphatic rings. The van der Waals surface area contributed by atoms with Crippen molar-refractivity contribution in [2.24, 2.45) is 5.92 Å². The normalized spacial score (nSPS) is 13.4. The maximum atomic E-state index is 13.7. The molecule has 0 radical (unpaired) electrons. The number of halogens is 1. The first-order chi connectivity index (χ1) is 10.3. The van der Waals surface area contributed by atoms with Gasteiger partial charge in [0.1, 0.15) is 6.04 Å². The molecule has 0 aromatic heterocycles. The first-order valence-electron chi connectivity index (χ1n) is 7.17. The summed E-state index contributed by atoms with van der Waals surface area (Å²) in [7, 11) is 1.39. The first-order valence-corrected chi connectivity index (χ1v) is 7.17. The molecule has 2 atom stereocenters. The maximum Gasteiger partial charge on any atom is 0.243 e. The molecule has 1 rings (SSSR count). The van der Waals surface area contributed by atoms with Crippen molar-refractivity contribution in [3.63, 3.8) is 0 Å². The minimum atomic E-state index is -0.622. The second-order valence-electron chi connectivity index (χ2n) is 5.55. The topological polar surface area (TPSA) is 67.4 Å². The van der Waals surface area contributed by atoms with E-state index in [9.17, 15) is 14.0 Å². The zero-order chi connectivity index (χ0) is 16.9. The van der Waals surface area contributed by atoms with Crippen LogP contribution in [0.5, 0.6) is 5.75 Å². The Labute approximate surface area is 130 Å². The summed E-state index contributed by atoms with van der Waals surface area (Å²) in [5.74, 6) is -0.946. The highest BCUT2D eigenvalue weighted by atomic mass is 19.1. The van der Waals surface area contributed by atoms with Crippen molar-refractivity contribution in [1.29, 1.82) is 0 Å². The molecule has 6 heteroatoms. The minimum absolute atomic E-state index is 0.0521. The van der Waals surface area contributed by atoms with Crippen molar-refractivity contribution >= 4 is 11.8 Å². The fraction of sp³-hybridized carbons (Fsp3) is 0.500. The van der Waals surface area contributed by atoms with Gasteiger partial charge in [0.05, 0.1) is 13.2 Å². The second kappa shape index (κ2) is 7.77. The number of methoxy groups -OCH3 is 1. The Balaban J connectivity index is 2.81. The third-order valence-electron chi connectivity index (χ3n) is 3.34. The lowest BCUT2D eigenvalue weighted by Crippen LogP contribution is -2.49. The predicted molar refractivity (Wildman–Crippen MR) is 82.0 cm³/mol. The minimum Gasteiger partial charge on any atom is -0.494 e. The number of amides is 2. The van der Waals surface area contributed by atoms with Crippen LogP contribution in [0.25, 0.3) is 0 Å². The van der Waals surface area contributed by atoms with E-state index in [1.54, 1.807) is 13.0 Å². The molecule has 5 nitrogen and oxygen atoms in total. The highest BCUT2D eigenvalue weighted by Crippen LogP contribution is 2.21. The van der Waals surface area contributed by atoms with Crippen molar-refractivity contribution in [3.8, 4) is 5.75 Å². The molecule has 0 spiro atoms. The van der Waals surface area contributed by atoms with Crippen molar-refractivity contribution in [3.05, 3.63) is 29.6 Å². The van der Waals surface area contributed by atoms with Gasteiger partial charge >= 0.3 is 0 Å². The van der Waals surface area contributed by atoms with Crippen LogP contribution >= 0.6 is 0 Å². The van der Waals surface area contributed by atoms with Crippen molar-refractivity contribution in [1.82, 2.24) is 10.6 Å². The Morgan fingerprint density at radius 3 is 2.27 bits per heavy atom. The lowest BCUT2D eigenvalue weighted by molar-refractivity contribution is -0.129. The molecule has 0 fully saturated rings. The molecular weight excluding hydrogens is 287 g/mol. The van der Waals surface area contributed by atoms with Crippen LogP contribution in [0.3, 0.4) is 0 Å². The number of carbonyl (C=O) groups is 2. The molecule has 2 amide bonds. The Bertz CT molecular complexity index is 546. The van der Waals surface area contributed by atoms with Crippen LogP contribution in [0.2, 0.25) is 0 Å². The second-order valence-corrected chi connectivity index (χ2v) is 5.55. The van der Waals surface area contributed by atoms with Gasteiger partial charge < -0.3 is 15.4 Å². The summed E-state index contributed by atoms with van der Waals surface area (Å²) in [5, 5.41) is 5.41. The van der Waals surface area contributed by atoms with Gasteiger partial charge in [-0.1, -0.05) is 19.9 Å². The summed E-state index contributed by atoms with van der Waals surface area (Å²) in [6, 6.07) is 3.52. The molecule has 1 aromatic carbocycles. The Morgan fingerprint density at radius 1 is 1.18 bits per heavy atom. The van der Waals surface area contributed by atoms with Gasteiger partial charge in [-0.3, -0.25) is 9.59 Å². The predicted octanol–water partition coefficient (Wildman–Crippen LogP) is 2.17. The average molecular weight is 310 g/mol. The molecule has 0 saturated carbocycles. The SMILES string of the molecule is COc1ccc([C@H](C)NC(=O)[C@@H](NC(C)=O)C(C)C)cc1F. The molecule has 0 aliphatic heterocycles. The third kappa shape index (κ3) is 4.72. The third-order valence-corrected chi connectivity index (χ3v) is 3.34. The Kier molecular flexibility index (Phi) is 6.34. The summed E-state index contributed by atoms with van der Waals surface area (Å²) in [4.78, 5) is 23.4. The Morgan fingerprint density at radius 2 is 1.82 bits per heavy atom. The summed E-state index contributed by atoms with van der Waals surface area (Å²) >= 11 is 0. The van der Waals surface area contributed by atoms with Crippen LogP contribution in [0, 0.1) is 11.7 Å². The van der Waals surface area contributed by atoms with Gasteiger partial charge in [-0.05, 0) is 30.5 Å². The van der Waals surface area contributed by atoms with E-state index < -0.39 is 11.9 Å². The van der Waals surface area contributed by atoms with E-state index in [0.29, 0.717) is 5.56 Å². The van der Waals surface area contributed by atoms with Crippen molar-refractivity contribution in [2.75, 3.05) is 7.11 Å². The monoisotopic (exact) mass is 310 g/mol. The lowest BCUT2D eigenvalue weighted by atomic mass is 10.0. The number of hydrogen-bond donors (Lipinski definition) is 2. The molecule has 0 aliphatic carbocycles. The van der Waals surface area contributed by atoms with E-state index in [4.69, 9.17) is 4.74 Å². The van der Waals surface area contributed by atoms with Crippen molar-refractivity contribution in [2.45, 2.75) is 39.8 Å². The number of ether oxygens (including phenoxy) is 1. The van der Waals surface area contributed by atoms with Crippen molar-refractivity contribution < 1.29 is 18.7 Å². The fourth-order valence-corrected chi connectivity index (χ4v) is 2.09. The van der Waals surface area contributed by atoms with Crippen LogP contribution in [-0.2, 0) is 9.59 Å². The largest absolute Gasteiger partial charge is 0.494 e. The molecule has 22 heavy (non-hydrogen) atoms. The smallest absolute Gasteiger partial charge is 0.243 e. The quantitative estimate of drug-likeness (QED) is 0.846. The number of nitrogens with one attached hydrogen (secondary N) is 2. The molecule has 122 valence electrons. The molecule has 0 bridgehead atoms. The van der Waals surface area contributed by atoms with Gasteiger partial charge in [-0.2, -0.15) is 0 Å². The van der Waals surface area contributed by atoms with Crippen LogP contribution in [0.15, 0.2) is 18.2 Å². The first kappa shape index (κ1) is 17.9. The van der Waals surface area contributed by atoms with E-state index in [1.165, 1.54) is 26.2 Å². The Hall–Kier alpha value is -2.11. The van der Waals surface area contributed by atoms with E-state index >= 15 is 0 Å². The van der Waals surface area contributed by atoms with Gasteiger partial charge in [0.15, 0.2) is 11.6 Å². The zero-order valence-corrected chi connectivity index (χ0v) is 13.6. The summed E-state index contributed by atoms with van der Waals surface area (Å²) in [6.45, 7) is 6.81. The number of rotatable bonds is 6. The molecule has 1 aromatic rings. The number of carbonyl (C=O) groups excluding carboxylic acids is 2. The van der Waals surface area contributed by atoms with Gasteiger partial charge in [-0.15, -0.1) is 0 Å². The van der Waals surface area contributed by atoms with E-state index in [-0.39, 0.29) is 29.5 Å². The molecular formula is C16H23FN2O3. The fourth-order valence-electron chi connectivity index (χ4n) is 2.09. The van der Waals surface area contributed by atoms with E-state index in [0.717, 1.165) is 0 Å². The van der Waals surface area contributed by atoms with E-state index in [2.05, 4.69) is 10.6 Å². The van der Waals surface area contributed by atoms with Gasteiger partial charge in [0.2, 0.25) is 11.8 Å².